The van der Waals surface area contributed by atoms with Crippen LogP contribution in [0, 0.1) is 0 Å². The summed E-state index contributed by atoms with van der Waals surface area (Å²) < 4.78 is 11.7. The molecule has 0 N–H and O–H groups in total. The van der Waals surface area contributed by atoms with E-state index >= 15 is 0 Å². The zero-order valence-corrected chi connectivity index (χ0v) is 13.0. The van der Waals surface area contributed by atoms with Gasteiger partial charge in [-0.05, 0) is 18.4 Å². The summed E-state index contributed by atoms with van der Waals surface area (Å²) in [5.41, 5.74) is 0. The molecule has 1 saturated heterocycles. The van der Waals surface area contributed by atoms with Crippen LogP contribution in [-0.2, 0) is 16.1 Å². The van der Waals surface area contributed by atoms with Crippen LogP contribution >= 0.6 is 11.3 Å². The second kappa shape index (κ2) is 6.45. The van der Waals surface area contributed by atoms with E-state index in [1.165, 1.54) is 16.0 Å². The zero-order valence-electron chi connectivity index (χ0n) is 12.2. The molecule has 1 atom stereocenters. The van der Waals surface area contributed by atoms with Gasteiger partial charge in [0.15, 0.2) is 0 Å². The van der Waals surface area contributed by atoms with E-state index < -0.39 is 5.76 Å². The molecule has 8 heteroatoms. The van der Waals surface area contributed by atoms with Crippen molar-refractivity contribution >= 4 is 17.2 Å². The number of aromatic nitrogens is 2. The van der Waals surface area contributed by atoms with Gasteiger partial charge in [-0.25, -0.2) is 4.79 Å². The fraction of sp³-hybridized carbons (Fsp3) is 0.500. The summed E-state index contributed by atoms with van der Waals surface area (Å²) >= 11 is 1.45. The van der Waals surface area contributed by atoms with Crippen LogP contribution < -0.4 is 5.76 Å². The smallest absolute Gasteiger partial charge is 0.387 e. The van der Waals surface area contributed by atoms with Gasteiger partial charge in [-0.1, -0.05) is 6.07 Å². The first-order valence-electron chi connectivity index (χ1n) is 7.14. The lowest BCUT2D eigenvalue weighted by atomic mass is 10.2. The molecule has 22 heavy (non-hydrogen) atoms. The van der Waals surface area contributed by atoms with Gasteiger partial charge in [0.2, 0.25) is 5.91 Å². The molecule has 3 rings (SSSR count). The molecule has 1 aliphatic heterocycles. The van der Waals surface area contributed by atoms with Crippen LogP contribution in [0.25, 0.3) is 10.8 Å². The minimum atomic E-state index is -0.536. The number of amides is 1. The van der Waals surface area contributed by atoms with Crippen LogP contribution in [0.1, 0.15) is 13.3 Å². The van der Waals surface area contributed by atoms with E-state index in [9.17, 15) is 9.59 Å². The van der Waals surface area contributed by atoms with Gasteiger partial charge >= 0.3 is 5.76 Å². The summed E-state index contributed by atoms with van der Waals surface area (Å²) in [5, 5.41) is 6.02. The van der Waals surface area contributed by atoms with Gasteiger partial charge in [0, 0.05) is 19.5 Å². The van der Waals surface area contributed by atoms with Crippen LogP contribution in [0.5, 0.6) is 0 Å². The summed E-state index contributed by atoms with van der Waals surface area (Å²) in [4.78, 5) is 26.5. The number of ether oxygens (including phenoxy) is 1. The Labute approximate surface area is 131 Å². The normalized spacial score (nSPS) is 18.6. The van der Waals surface area contributed by atoms with Crippen LogP contribution in [0.4, 0.5) is 0 Å². The monoisotopic (exact) mass is 323 g/mol. The highest BCUT2D eigenvalue weighted by atomic mass is 32.1. The Balaban J connectivity index is 1.62. The average molecular weight is 323 g/mol. The first-order valence-corrected chi connectivity index (χ1v) is 8.02. The molecule has 0 unspecified atom stereocenters. The summed E-state index contributed by atoms with van der Waals surface area (Å²) in [6, 6.07) is 3.70. The average Bonchev–Trinajstić information content (AvgIpc) is 3.14. The summed E-state index contributed by atoms with van der Waals surface area (Å²) in [6.45, 7) is 3.90. The highest BCUT2D eigenvalue weighted by Crippen LogP contribution is 2.21. The Morgan fingerprint density at radius 2 is 2.41 bits per heavy atom. The van der Waals surface area contributed by atoms with Crippen LogP contribution in [-0.4, -0.2) is 46.4 Å². The highest BCUT2D eigenvalue weighted by molar-refractivity contribution is 7.13. The Hall–Kier alpha value is -1.93. The lowest BCUT2D eigenvalue weighted by Gasteiger charge is -2.31. The predicted molar refractivity (Wildman–Crippen MR) is 80.7 cm³/mol. The molecule has 2 aromatic rings. The molecule has 1 aliphatic rings. The van der Waals surface area contributed by atoms with Crippen molar-refractivity contribution in [2.24, 2.45) is 0 Å². The van der Waals surface area contributed by atoms with Crippen molar-refractivity contribution in [3.8, 4) is 10.8 Å². The Morgan fingerprint density at radius 1 is 1.55 bits per heavy atom. The Morgan fingerprint density at radius 3 is 3.14 bits per heavy atom. The molecule has 3 heterocycles. The molecule has 1 amide bonds. The van der Waals surface area contributed by atoms with Crippen molar-refractivity contribution in [3.05, 3.63) is 28.1 Å². The second-order valence-electron chi connectivity index (χ2n) is 5.14. The molecular formula is C14H17N3O4S. The topological polar surface area (TPSA) is 77.6 Å². The fourth-order valence-corrected chi connectivity index (χ4v) is 3.00. The maximum absolute atomic E-state index is 12.2. The SMILES string of the molecule is C[C@@H]1CN(C(=O)CCn2nc(-c3cccs3)oc2=O)CCO1. The lowest BCUT2D eigenvalue weighted by Crippen LogP contribution is -2.44. The lowest BCUT2D eigenvalue weighted by molar-refractivity contribution is -0.138. The molecule has 0 spiro atoms. The maximum Gasteiger partial charge on any atom is 0.437 e. The summed E-state index contributed by atoms with van der Waals surface area (Å²) in [5.74, 6) is -0.235. The zero-order chi connectivity index (χ0) is 15.5. The number of rotatable bonds is 4. The van der Waals surface area contributed by atoms with Crippen molar-refractivity contribution in [2.75, 3.05) is 19.7 Å². The van der Waals surface area contributed by atoms with Crippen molar-refractivity contribution in [1.29, 1.82) is 0 Å². The van der Waals surface area contributed by atoms with Crippen molar-refractivity contribution in [2.45, 2.75) is 26.0 Å². The van der Waals surface area contributed by atoms with Gasteiger partial charge < -0.3 is 14.1 Å². The molecule has 0 aliphatic carbocycles. The van der Waals surface area contributed by atoms with Gasteiger partial charge in [-0.15, -0.1) is 16.4 Å². The quantitative estimate of drug-likeness (QED) is 0.845. The minimum absolute atomic E-state index is 0.00252. The number of hydrogen-bond donors (Lipinski definition) is 0. The van der Waals surface area contributed by atoms with E-state index in [0.717, 1.165) is 4.88 Å². The fourth-order valence-electron chi connectivity index (χ4n) is 2.35. The molecule has 118 valence electrons. The molecular weight excluding hydrogens is 306 g/mol. The largest absolute Gasteiger partial charge is 0.437 e. The van der Waals surface area contributed by atoms with E-state index in [1.807, 2.05) is 24.4 Å². The first-order chi connectivity index (χ1) is 10.6. The van der Waals surface area contributed by atoms with E-state index in [1.54, 1.807) is 4.90 Å². The Bertz CT molecular complexity index is 691. The van der Waals surface area contributed by atoms with Crippen molar-refractivity contribution in [1.82, 2.24) is 14.7 Å². The van der Waals surface area contributed by atoms with Gasteiger partial charge in [0.1, 0.15) is 0 Å². The number of thiophene rings is 1. The molecule has 0 saturated carbocycles. The standard InChI is InChI=1S/C14H17N3O4S/c1-10-9-16(6-7-20-10)12(18)4-5-17-14(19)21-13(15-17)11-3-2-8-22-11/h2-3,8,10H,4-7,9H2,1H3/t10-/m1/s1. The van der Waals surface area contributed by atoms with Crippen LogP contribution in [0.3, 0.4) is 0 Å². The van der Waals surface area contributed by atoms with E-state index in [4.69, 9.17) is 9.15 Å². The number of aryl methyl sites for hydroxylation is 1. The Kier molecular flexibility index (Phi) is 4.39. The number of carbonyl (C=O) groups is 1. The number of hydrogen-bond acceptors (Lipinski definition) is 6. The summed E-state index contributed by atoms with van der Waals surface area (Å²) in [7, 11) is 0. The molecule has 7 nitrogen and oxygen atoms in total. The third-order valence-corrected chi connectivity index (χ3v) is 4.33. The molecule has 0 bridgehead atoms. The highest BCUT2D eigenvalue weighted by Gasteiger charge is 2.21. The van der Waals surface area contributed by atoms with Crippen LogP contribution in [0.2, 0.25) is 0 Å². The van der Waals surface area contributed by atoms with Crippen LogP contribution in [0.15, 0.2) is 26.7 Å². The van der Waals surface area contributed by atoms with Gasteiger partial charge in [0.05, 0.1) is 24.1 Å². The minimum Gasteiger partial charge on any atom is -0.387 e. The molecule has 0 radical (unpaired) electrons. The van der Waals surface area contributed by atoms with E-state index in [2.05, 4.69) is 5.10 Å². The summed E-state index contributed by atoms with van der Waals surface area (Å²) in [6.07, 6.45) is 0.279. The maximum atomic E-state index is 12.2. The van der Waals surface area contributed by atoms with Gasteiger partial charge in [-0.2, -0.15) is 4.68 Å². The van der Waals surface area contributed by atoms with E-state index in [-0.39, 0.29) is 25.0 Å². The third kappa shape index (κ3) is 3.28. The van der Waals surface area contributed by atoms with Crippen molar-refractivity contribution < 1.29 is 13.9 Å². The molecule has 2 aromatic heterocycles. The van der Waals surface area contributed by atoms with Crippen molar-refractivity contribution in [3.63, 3.8) is 0 Å². The third-order valence-electron chi connectivity index (χ3n) is 3.47. The number of nitrogens with zero attached hydrogens (tertiary/aromatic N) is 3. The van der Waals surface area contributed by atoms with Gasteiger partial charge in [0.25, 0.3) is 5.89 Å². The van der Waals surface area contributed by atoms with Gasteiger partial charge in [-0.3, -0.25) is 4.79 Å². The number of carbonyl (C=O) groups excluding carboxylic acids is 1. The number of morpholine rings is 1. The second-order valence-corrected chi connectivity index (χ2v) is 6.09. The first kappa shape index (κ1) is 15.0. The molecule has 0 aromatic carbocycles. The van der Waals surface area contributed by atoms with E-state index in [0.29, 0.717) is 25.6 Å². The molecule has 1 fully saturated rings. The predicted octanol–water partition coefficient (Wildman–Crippen LogP) is 1.20.